The molecular formula is C9H8F2O2. The van der Waals surface area contributed by atoms with E-state index in [0.29, 0.717) is 6.29 Å². The van der Waals surface area contributed by atoms with Crippen molar-refractivity contribution in [3.63, 3.8) is 0 Å². The molecule has 2 nitrogen and oxygen atoms in total. The van der Waals surface area contributed by atoms with Crippen LogP contribution in [0.25, 0.3) is 0 Å². The lowest BCUT2D eigenvalue weighted by Crippen LogP contribution is -1.99. The van der Waals surface area contributed by atoms with E-state index in [1.165, 1.54) is 0 Å². The molecule has 0 aliphatic carbocycles. The first kappa shape index (κ1) is 9.64. The quantitative estimate of drug-likeness (QED) is 0.676. The molecule has 0 saturated heterocycles. The van der Waals surface area contributed by atoms with Gasteiger partial charge in [0, 0.05) is 5.56 Å². The van der Waals surface area contributed by atoms with Crippen LogP contribution < -0.4 is 4.74 Å². The smallest absolute Gasteiger partial charge is 0.190 e. The molecule has 1 aromatic carbocycles. The van der Waals surface area contributed by atoms with Crippen LogP contribution in [0, 0.1) is 11.6 Å². The average Bonchev–Trinajstić information content (AvgIpc) is 2.11. The Morgan fingerprint density at radius 3 is 2.31 bits per heavy atom. The molecule has 70 valence electrons. The zero-order valence-electron chi connectivity index (χ0n) is 7.01. The van der Waals surface area contributed by atoms with Crippen molar-refractivity contribution in [1.82, 2.24) is 0 Å². The monoisotopic (exact) mass is 186 g/mol. The van der Waals surface area contributed by atoms with Crippen LogP contribution in [0.3, 0.4) is 0 Å². The normalized spacial score (nSPS) is 9.77. The number of hydrogen-bond acceptors (Lipinski definition) is 2. The van der Waals surface area contributed by atoms with Crippen molar-refractivity contribution in [2.24, 2.45) is 0 Å². The molecule has 1 rings (SSSR count). The summed E-state index contributed by atoms with van der Waals surface area (Å²) in [6, 6.07) is 1.86. The summed E-state index contributed by atoms with van der Waals surface area (Å²) < 4.78 is 30.6. The van der Waals surface area contributed by atoms with Crippen molar-refractivity contribution in [3.05, 3.63) is 29.3 Å². The first-order chi connectivity index (χ1) is 6.19. The molecule has 0 unspecified atom stereocenters. The summed E-state index contributed by atoms with van der Waals surface area (Å²) in [5.41, 5.74) is -0.0431. The molecule has 0 aliphatic rings. The Bertz CT molecular complexity index is 300. The van der Waals surface area contributed by atoms with Crippen molar-refractivity contribution in [2.45, 2.75) is 6.92 Å². The van der Waals surface area contributed by atoms with Gasteiger partial charge in [-0.3, -0.25) is 4.79 Å². The maximum absolute atomic E-state index is 13.0. The molecule has 0 radical (unpaired) electrons. The highest BCUT2D eigenvalue weighted by atomic mass is 19.1. The van der Waals surface area contributed by atoms with Crippen LogP contribution in [0.2, 0.25) is 0 Å². The maximum atomic E-state index is 13.0. The Morgan fingerprint density at radius 1 is 1.38 bits per heavy atom. The summed E-state index contributed by atoms with van der Waals surface area (Å²) >= 11 is 0. The second kappa shape index (κ2) is 3.98. The highest BCUT2D eigenvalue weighted by Crippen LogP contribution is 2.22. The Balaban J connectivity index is 3.14. The molecule has 0 aromatic heterocycles. The molecule has 0 heterocycles. The Labute approximate surface area is 74.1 Å². The second-order valence-corrected chi connectivity index (χ2v) is 2.36. The minimum Gasteiger partial charge on any atom is -0.488 e. The van der Waals surface area contributed by atoms with Crippen LogP contribution in [0.15, 0.2) is 12.1 Å². The molecule has 0 N–H and O–H groups in total. The standard InChI is InChI=1S/C9H8F2O2/c1-2-13-9-7(10)3-6(5-12)4-8(9)11/h3-5H,2H2,1H3. The van der Waals surface area contributed by atoms with Crippen LogP contribution in [0.4, 0.5) is 8.78 Å². The van der Waals surface area contributed by atoms with E-state index in [4.69, 9.17) is 4.74 Å². The third-order valence-electron chi connectivity index (χ3n) is 1.45. The molecule has 0 amide bonds. The van der Waals surface area contributed by atoms with Gasteiger partial charge in [0.25, 0.3) is 0 Å². The van der Waals surface area contributed by atoms with Gasteiger partial charge in [-0.25, -0.2) is 8.78 Å². The highest BCUT2D eigenvalue weighted by Gasteiger charge is 2.11. The fraction of sp³-hybridized carbons (Fsp3) is 0.222. The molecule has 0 saturated carbocycles. The summed E-state index contributed by atoms with van der Waals surface area (Å²) in [6.45, 7) is 1.79. The van der Waals surface area contributed by atoms with Gasteiger partial charge in [0.1, 0.15) is 6.29 Å². The fourth-order valence-corrected chi connectivity index (χ4v) is 0.930. The van der Waals surface area contributed by atoms with Gasteiger partial charge in [-0.1, -0.05) is 0 Å². The number of carbonyl (C=O) groups excluding carboxylic acids is 1. The van der Waals surface area contributed by atoms with E-state index in [0.717, 1.165) is 12.1 Å². The number of carbonyl (C=O) groups is 1. The lowest BCUT2D eigenvalue weighted by molar-refractivity contribution is 0.112. The van der Waals surface area contributed by atoms with Gasteiger partial charge in [0.05, 0.1) is 6.61 Å². The van der Waals surface area contributed by atoms with Crippen LogP contribution in [0.1, 0.15) is 17.3 Å². The number of ether oxygens (including phenoxy) is 1. The number of hydrogen-bond donors (Lipinski definition) is 0. The van der Waals surface area contributed by atoms with E-state index in [9.17, 15) is 13.6 Å². The van der Waals surface area contributed by atoms with Crippen LogP contribution in [0.5, 0.6) is 5.75 Å². The largest absolute Gasteiger partial charge is 0.488 e. The topological polar surface area (TPSA) is 26.3 Å². The number of halogens is 2. The van der Waals surface area contributed by atoms with Gasteiger partial charge in [0.15, 0.2) is 17.4 Å². The Kier molecular flexibility index (Phi) is 2.95. The Hall–Kier alpha value is -1.45. The zero-order valence-corrected chi connectivity index (χ0v) is 7.01. The van der Waals surface area contributed by atoms with Crippen molar-refractivity contribution in [2.75, 3.05) is 6.61 Å². The van der Waals surface area contributed by atoms with Crippen LogP contribution in [-0.4, -0.2) is 12.9 Å². The Morgan fingerprint density at radius 2 is 1.92 bits per heavy atom. The van der Waals surface area contributed by atoms with E-state index >= 15 is 0 Å². The first-order valence-electron chi connectivity index (χ1n) is 3.76. The van der Waals surface area contributed by atoms with E-state index in [1.807, 2.05) is 0 Å². The van der Waals surface area contributed by atoms with Crippen molar-refractivity contribution in [3.8, 4) is 5.75 Å². The van der Waals surface area contributed by atoms with Crippen LogP contribution >= 0.6 is 0 Å². The van der Waals surface area contributed by atoms with Gasteiger partial charge < -0.3 is 4.74 Å². The van der Waals surface area contributed by atoms with E-state index in [1.54, 1.807) is 6.92 Å². The zero-order chi connectivity index (χ0) is 9.84. The molecule has 0 aliphatic heterocycles. The summed E-state index contributed by atoms with van der Waals surface area (Å²) in [4.78, 5) is 10.2. The minimum absolute atomic E-state index is 0.0431. The van der Waals surface area contributed by atoms with Gasteiger partial charge in [0.2, 0.25) is 0 Å². The summed E-state index contributed by atoms with van der Waals surface area (Å²) in [6.07, 6.45) is 0.377. The third kappa shape index (κ3) is 2.02. The van der Waals surface area contributed by atoms with Gasteiger partial charge >= 0.3 is 0 Å². The number of rotatable bonds is 3. The maximum Gasteiger partial charge on any atom is 0.190 e. The summed E-state index contributed by atoms with van der Waals surface area (Å²) in [5, 5.41) is 0. The van der Waals surface area contributed by atoms with E-state index in [2.05, 4.69) is 0 Å². The molecule has 13 heavy (non-hydrogen) atoms. The first-order valence-corrected chi connectivity index (χ1v) is 3.76. The summed E-state index contributed by atoms with van der Waals surface area (Å²) in [5.74, 6) is -2.15. The lowest BCUT2D eigenvalue weighted by Gasteiger charge is -2.05. The molecule has 1 aromatic rings. The lowest BCUT2D eigenvalue weighted by atomic mass is 10.2. The van der Waals surface area contributed by atoms with Crippen molar-refractivity contribution < 1.29 is 18.3 Å². The summed E-state index contributed by atoms with van der Waals surface area (Å²) in [7, 11) is 0. The van der Waals surface area contributed by atoms with Crippen molar-refractivity contribution in [1.29, 1.82) is 0 Å². The SMILES string of the molecule is CCOc1c(F)cc(C=O)cc1F. The molecule has 4 heteroatoms. The predicted molar refractivity (Wildman–Crippen MR) is 42.9 cm³/mol. The number of aldehydes is 1. The van der Waals surface area contributed by atoms with Crippen LogP contribution in [-0.2, 0) is 0 Å². The molecular weight excluding hydrogens is 178 g/mol. The average molecular weight is 186 g/mol. The van der Waals surface area contributed by atoms with E-state index in [-0.39, 0.29) is 12.2 Å². The second-order valence-electron chi connectivity index (χ2n) is 2.36. The predicted octanol–water partition coefficient (Wildman–Crippen LogP) is 2.18. The van der Waals surface area contributed by atoms with Gasteiger partial charge in [-0.15, -0.1) is 0 Å². The van der Waals surface area contributed by atoms with Gasteiger partial charge in [-0.05, 0) is 19.1 Å². The van der Waals surface area contributed by atoms with Gasteiger partial charge in [-0.2, -0.15) is 0 Å². The number of benzene rings is 1. The van der Waals surface area contributed by atoms with Crippen molar-refractivity contribution >= 4 is 6.29 Å². The van der Waals surface area contributed by atoms with E-state index < -0.39 is 17.4 Å². The third-order valence-corrected chi connectivity index (χ3v) is 1.45. The molecule has 0 spiro atoms. The molecule has 0 fully saturated rings. The minimum atomic E-state index is -0.857. The highest BCUT2D eigenvalue weighted by molar-refractivity contribution is 5.75. The molecule has 0 bridgehead atoms. The molecule has 0 atom stereocenters. The fourth-order valence-electron chi connectivity index (χ4n) is 0.930.